The summed E-state index contributed by atoms with van der Waals surface area (Å²) in [6, 6.07) is 5.86. The van der Waals surface area contributed by atoms with E-state index in [0.29, 0.717) is 13.0 Å². The van der Waals surface area contributed by atoms with Gasteiger partial charge in [0.15, 0.2) is 0 Å². The van der Waals surface area contributed by atoms with Gasteiger partial charge in [0.05, 0.1) is 19.2 Å². The molecule has 1 heterocycles. The molecule has 1 saturated carbocycles. The van der Waals surface area contributed by atoms with Crippen molar-refractivity contribution in [2.75, 3.05) is 7.11 Å². The highest BCUT2D eigenvalue weighted by molar-refractivity contribution is 5.71. The summed E-state index contributed by atoms with van der Waals surface area (Å²) in [5.41, 5.74) is 7.34. The minimum absolute atomic E-state index is 0.113. The molecule has 1 aromatic rings. The first-order valence-corrected chi connectivity index (χ1v) is 5.93. The van der Waals surface area contributed by atoms with Crippen molar-refractivity contribution in [2.24, 2.45) is 5.73 Å². The SMILES string of the molecule is COC(=O)CC1(c2cccc(CN)n2)CCC1. The Morgan fingerprint density at radius 3 is 2.82 bits per heavy atom. The fourth-order valence-electron chi connectivity index (χ4n) is 2.36. The van der Waals surface area contributed by atoms with Crippen LogP contribution in [0, 0.1) is 0 Å². The topological polar surface area (TPSA) is 65.2 Å². The van der Waals surface area contributed by atoms with Crippen molar-refractivity contribution in [2.45, 2.75) is 37.6 Å². The summed E-state index contributed by atoms with van der Waals surface area (Å²) in [6.45, 7) is 0.433. The van der Waals surface area contributed by atoms with Crippen LogP contribution in [0.5, 0.6) is 0 Å². The molecular formula is C13H18N2O2. The Balaban J connectivity index is 2.24. The van der Waals surface area contributed by atoms with Gasteiger partial charge in [-0.1, -0.05) is 12.5 Å². The lowest BCUT2D eigenvalue weighted by molar-refractivity contribution is -0.143. The maximum atomic E-state index is 11.5. The zero-order valence-corrected chi connectivity index (χ0v) is 10.1. The van der Waals surface area contributed by atoms with E-state index in [-0.39, 0.29) is 11.4 Å². The number of esters is 1. The molecular weight excluding hydrogens is 216 g/mol. The summed E-state index contributed by atoms with van der Waals surface area (Å²) in [5, 5.41) is 0. The molecule has 4 heteroatoms. The van der Waals surface area contributed by atoms with E-state index >= 15 is 0 Å². The van der Waals surface area contributed by atoms with Gasteiger partial charge in [0.25, 0.3) is 0 Å². The molecule has 0 radical (unpaired) electrons. The van der Waals surface area contributed by atoms with E-state index in [1.165, 1.54) is 7.11 Å². The van der Waals surface area contributed by atoms with Gasteiger partial charge >= 0.3 is 5.97 Å². The summed E-state index contributed by atoms with van der Waals surface area (Å²) >= 11 is 0. The Bertz CT molecular complexity index is 414. The Kier molecular flexibility index (Phi) is 3.43. The Hall–Kier alpha value is -1.42. The Morgan fingerprint density at radius 1 is 1.53 bits per heavy atom. The molecule has 0 atom stereocenters. The minimum Gasteiger partial charge on any atom is -0.469 e. The monoisotopic (exact) mass is 234 g/mol. The fourth-order valence-corrected chi connectivity index (χ4v) is 2.36. The van der Waals surface area contributed by atoms with Crippen LogP contribution in [0.1, 0.15) is 37.1 Å². The summed E-state index contributed by atoms with van der Waals surface area (Å²) in [4.78, 5) is 16.0. The summed E-state index contributed by atoms with van der Waals surface area (Å²) in [5.74, 6) is -0.162. The molecule has 92 valence electrons. The molecule has 2 N–H and O–H groups in total. The molecule has 0 unspecified atom stereocenters. The zero-order valence-electron chi connectivity index (χ0n) is 10.1. The van der Waals surface area contributed by atoms with Gasteiger partial charge in [0, 0.05) is 17.7 Å². The van der Waals surface area contributed by atoms with Gasteiger partial charge < -0.3 is 10.5 Å². The number of rotatable bonds is 4. The van der Waals surface area contributed by atoms with Crippen LogP contribution >= 0.6 is 0 Å². The molecule has 0 saturated heterocycles. The lowest BCUT2D eigenvalue weighted by atomic mass is 9.64. The van der Waals surface area contributed by atoms with Gasteiger partial charge in [0.2, 0.25) is 0 Å². The molecule has 1 aliphatic rings. The second-order valence-electron chi connectivity index (χ2n) is 4.61. The van der Waals surface area contributed by atoms with Gasteiger partial charge in [-0.05, 0) is 25.0 Å². The number of hydrogen-bond acceptors (Lipinski definition) is 4. The van der Waals surface area contributed by atoms with E-state index in [9.17, 15) is 4.79 Å². The summed E-state index contributed by atoms with van der Waals surface area (Å²) in [6.07, 6.45) is 3.57. The van der Waals surface area contributed by atoms with Crippen molar-refractivity contribution in [3.8, 4) is 0 Å². The first-order valence-electron chi connectivity index (χ1n) is 5.93. The average Bonchev–Trinajstić information content (AvgIpc) is 2.33. The van der Waals surface area contributed by atoms with Crippen molar-refractivity contribution in [1.82, 2.24) is 4.98 Å². The average molecular weight is 234 g/mol. The van der Waals surface area contributed by atoms with E-state index in [4.69, 9.17) is 10.5 Å². The number of ether oxygens (including phenoxy) is 1. The van der Waals surface area contributed by atoms with Crippen LogP contribution in [0.25, 0.3) is 0 Å². The fraction of sp³-hybridized carbons (Fsp3) is 0.538. The molecule has 1 aliphatic carbocycles. The lowest BCUT2D eigenvalue weighted by Crippen LogP contribution is -2.38. The Morgan fingerprint density at radius 2 is 2.29 bits per heavy atom. The second kappa shape index (κ2) is 4.84. The Labute approximate surface area is 101 Å². The normalized spacial score (nSPS) is 17.3. The number of pyridine rings is 1. The van der Waals surface area contributed by atoms with Crippen molar-refractivity contribution in [1.29, 1.82) is 0 Å². The molecule has 0 aliphatic heterocycles. The summed E-state index contributed by atoms with van der Waals surface area (Å²) in [7, 11) is 1.43. The third kappa shape index (κ3) is 2.31. The van der Waals surface area contributed by atoms with Crippen molar-refractivity contribution >= 4 is 5.97 Å². The maximum absolute atomic E-state index is 11.5. The van der Waals surface area contributed by atoms with Gasteiger partial charge in [-0.15, -0.1) is 0 Å². The van der Waals surface area contributed by atoms with E-state index < -0.39 is 0 Å². The van der Waals surface area contributed by atoms with Crippen molar-refractivity contribution < 1.29 is 9.53 Å². The van der Waals surface area contributed by atoms with E-state index in [0.717, 1.165) is 30.7 Å². The third-order valence-corrected chi connectivity index (χ3v) is 3.58. The largest absolute Gasteiger partial charge is 0.469 e. The smallest absolute Gasteiger partial charge is 0.306 e. The lowest BCUT2D eigenvalue weighted by Gasteiger charge is -2.40. The molecule has 2 rings (SSSR count). The summed E-state index contributed by atoms with van der Waals surface area (Å²) < 4.78 is 4.77. The molecule has 17 heavy (non-hydrogen) atoms. The first-order chi connectivity index (χ1) is 8.20. The van der Waals surface area contributed by atoms with Crippen LogP contribution < -0.4 is 5.73 Å². The number of nitrogens with zero attached hydrogens (tertiary/aromatic N) is 1. The predicted octanol–water partition coefficient (Wildman–Crippen LogP) is 1.53. The highest BCUT2D eigenvalue weighted by atomic mass is 16.5. The van der Waals surface area contributed by atoms with Crippen LogP contribution in [0.4, 0.5) is 0 Å². The zero-order chi connectivity index (χ0) is 12.3. The van der Waals surface area contributed by atoms with Gasteiger partial charge in [-0.25, -0.2) is 0 Å². The van der Waals surface area contributed by atoms with Crippen molar-refractivity contribution in [3.63, 3.8) is 0 Å². The number of carbonyl (C=O) groups is 1. The van der Waals surface area contributed by atoms with Gasteiger partial charge in [-0.2, -0.15) is 0 Å². The number of nitrogens with two attached hydrogens (primary N) is 1. The van der Waals surface area contributed by atoms with Gasteiger partial charge in [-0.3, -0.25) is 9.78 Å². The molecule has 4 nitrogen and oxygen atoms in total. The van der Waals surface area contributed by atoms with E-state index in [2.05, 4.69) is 4.98 Å². The minimum atomic E-state index is -0.162. The van der Waals surface area contributed by atoms with Crippen LogP contribution in [0.2, 0.25) is 0 Å². The van der Waals surface area contributed by atoms with E-state index in [1.807, 2.05) is 18.2 Å². The van der Waals surface area contributed by atoms with Crippen LogP contribution in [-0.4, -0.2) is 18.1 Å². The molecule has 0 spiro atoms. The maximum Gasteiger partial charge on any atom is 0.306 e. The quantitative estimate of drug-likeness (QED) is 0.802. The molecule has 1 fully saturated rings. The van der Waals surface area contributed by atoms with Crippen LogP contribution in [-0.2, 0) is 21.5 Å². The number of hydrogen-bond donors (Lipinski definition) is 1. The number of methoxy groups -OCH3 is 1. The van der Waals surface area contributed by atoms with E-state index in [1.54, 1.807) is 0 Å². The first kappa shape index (κ1) is 12.0. The number of carbonyl (C=O) groups excluding carboxylic acids is 1. The van der Waals surface area contributed by atoms with Crippen LogP contribution in [0.15, 0.2) is 18.2 Å². The second-order valence-corrected chi connectivity index (χ2v) is 4.61. The highest BCUT2D eigenvalue weighted by Crippen LogP contribution is 2.45. The number of aromatic nitrogens is 1. The molecule has 0 bridgehead atoms. The highest BCUT2D eigenvalue weighted by Gasteiger charge is 2.42. The van der Waals surface area contributed by atoms with Crippen LogP contribution in [0.3, 0.4) is 0 Å². The van der Waals surface area contributed by atoms with Crippen molar-refractivity contribution in [3.05, 3.63) is 29.6 Å². The standard InChI is InChI=1S/C13H18N2O2/c1-17-12(16)8-13(6-3-7-13)11-5-2-4-10(9-14)15-11/h2,4-5H,3,6-9,14H2,1H3. The molecule has 1 aromatic heterocycles. The predicted molar refractivity (Wildman–Crippen MR) is 64.3 cm³/mol. The molecule has 0 aromatic carbocycles. The third-order valence-electron chi connectivity index (χ3n) is 3.58. The molecule has 0 amide bonds. The van der Waals surface area contributed by atoms with Gasteiger partial charge in [0.1, 0.15) is 0 Å².